The molecule has 0 radical (unpaired) electrons. The molecule has 1 N–H and O–H groups in total. The Hall–Kier alpha value is -1.06. The van der Waals surface area contributed by atoms with Crippen LogP contribution < -0.4 is 0 Å². The third-order valence-electron chi connectivity index (χ3n) is 2.00. The molecule has 0 bridgehead atoms. The fourth-order valence-corrected chi connectivity index (χ4v) is 1.01. The molecular formula is C8H14O4. The first-order chi connectivity index (χ1) is 5.49. The van der Waals surface area contributed by atoms with Crippen molar-refractivity contribution in [2.45, 2.75) is 20.3 Å². The lowest BCUT2D eigenvalue weighted by Crippen LogP contribution is -2.06. The minimum Gasteiger partial charge on any atom is -0.483 e. The van der Waals surface area contributed by atoms with Crippen molar-refractivity contribution in [3.63, 3.8) is 0 Å². The topological polar surface area (TPSA) is 63.6 Å². The highest BCUT2D eigenvalue weighted by molar-refractivity contribution is 5.76. The van der Waals surface area contributed by atoms with Gasteiger partial charge >= 0.3 is 5.97 Å². The largest absolute Gasteiger partial charge is 0.483 e. The molecule has 1 atom stereocenters. The highest BCUT2D eigenvalue weighted by Crippen LogP contribution is 2.51. The van der Waals surface area contributed by atoms with E-state index < -0.39 is 0 Å². The van der Waals surface area contributed by atoms with Crippen molar-refractivity contribution >= 4 is 12.4 Å². The number of hydrogen-bond donors (Lipinski definition) is 1. The van der Waals surface area contributed by atoms with Gasteiger partial charge in [-0.1, -0.05) is 13.8 Å². The highest BCUT2D eigenvalue weighted by Gasteiger charge is 2.51. The normalized spacial score (nSPS) is 23.1. The number of hydrogen-bond acceptors (Lipinski definition) is 3. The van der Waals surface area contributed by atoms with E-state index in [0.29, 0.717) is 0 Å². The van der Waals surface area contributed by atoms with Crippen molar-refractivity contribution in [3.05, 3.63) is 0 Å². The van der Waals surface area contributed by atoms with Gasteiger partial charge in [-0.05, 0) is 11.8 Å². The lowest BCUT2D eigenvalue weighted by Gasteiger charge is -1.98. The monoisotopic (exact) mass is 174 g/mol. The molecule has 0 saturated heterocycles. The van der Waals surface area contributed by atoms with Crippen LogP contribution in [0.25, 0.3) is 0 Å². The average molecular weight is 174 g/mol. The van der Waals surface area contributed by atoms with E-state index in [2.05, 4.69) is 18.6 Å². The van der Waals surface area contributed by atoms with Crippen molar-refractivity contribution in [1.29, 1.82) is 0 Å². The third-order valence-corrected chi connectivity index (χ3v) is 2.00. The molecule has 12 heavy (non-hydrogen) atoms. The van der Waals surface area contributed by atoms with E-state index in [9.17, 15) is 4.79 Å². The van der Waals surface area contributed by atoms with Crippen molar-refractivity contribution in [2.75, 3.05) is 7.11 Å². The molecule has 1 aliphatic rings. The molecule has 0 aromatic heterocycles. The summed E-state index contributed by atoms with van der Waals surface area (Å²) in [7, 11) is 1.44. The lowest BCUT2D eigenvalue weighted by molar-refractivity contribution is -0.142. The molecule has 1 fully saturated rings. The fourth-order valence-electron chi connectivity index (χ4n) is 1.01. The number of ether oxygens (including phenoxy) is 1. The Bertz CT molecular complexity index is 174. The zero-order valence-electron chi connectivity index (χ0n) is 7.53. The number of rotatable bonds is 1. The van der Waals surface area contributed by atoms with Gasteiger partial charge in [0.2, 0.25) is 0 Å². The van der Waals surface area contributed by atoms with Crippen molar-refractivity contribution < 1.29 is 19.4 Å². The second-order valence-corrected chi connectivity index (χ2v) is 3.37. The molecule has 0 aliphatic heterocycles. The Morgan fingerprint density at radius 2 is 2.00 bits per heavy atom. The SMILES string of the molecule is COC(=O)C1CC1(C)C.O=CO. The first kappa shape index (κ1) is 10.9. The first-order valence-electron chi connectivity index (χ1n) is 3.65. The summed E-state index contributed by atoms with van der Waals surface area (Å²) in [5.74, 6) is 0.113. The molecule has 0 heterocycles. The van der Waals surface area contributed by atoms with E-state index in [-0.39, 0.29) is 23.8 Å². The molecule has 0 aromatic rings. The quantitative estimate of drug-likeness (QED) is 0.474. The van der Waals surface area contributed by atoms with E-state index in [0.717, 1.165) is 6.42 Å². The smallest absolute Gasteiger partial charge is 0.309 e. The van der Waals surface area contributed by atoms with Gasteiger partial charge in [-0.3, -0.25) is 9.59 Å². The van der Waals surface area contributed by atoms with Gasteiger partial charge in [-0.25, -0.2) is 0 Å². The maximum atomic E-state index is 10.8. The van der Waals surface area contributed by atoms with Crippen molar-refractivity contribution in [2.24, 2.45) is 11.3 Å². The van der Waals surface area contributed by atoms with Crippen LogP contribution in [0.2, 0.25) is 0 Å². The molecule has 70 valence electrons. The second kappa shape index (κ2) is 4.09. The number of carbonyl (C=O) groups excluding carboxylic acids is 1. The molecule has 0 amide bonds. The Kier molecular flexibility index (Phi) is 3.73. The summed E-state index contributed by atoms with van der Waals surface area (Å²) in [6, 6.07) is 0. The number of carbonyl (C=O) groups is 2. The van der Waals surface area contributed by atoms with Gasteiger partial charge in [-0.2, -0.15) is 0 Å². The summed E-state index contributed by atoms with van der Waals surface area (Å²) in [6.45, 7) is 3.91. The van der Waals surface area contributed by atoms with Gasteiger partial charge in [0, 0.05) is 0 Å². The summed E-state index contributed by atoms with van der Waals surface area (Å²) in [4.78, 5) is 19.1. The zero-order chi connectivity index (χ0) is 9.78. The van der Waals surface area contributed by atoms with Crippen LogP contribution in [0.15, 0.2) is 0 Å². The van der Waals surface area contributed by atoms with Crippen molar-refractivity contribution in [1.82, 2.24) is 0 Å². The number of esters is 1. The maximum Gasteiger partial charge on any atom is 0.309 e. The molecule has 1 saturated carbocycles. The third kappa shape index (κ3) is 2.90. The number of carboxylic acid groups (broad SMARTS) is 1. The minimum atomic E-state index is -0.250. The van der Waals surface area contributed by atoms with Crippen LogP contribution in [-0.4, -0.2) is 24.7 Å². The van der Waals surface area contributed by atoms with E-state index in [1.165, 1.54) is 7.11 Å². The van der Waals surface area contributed by atoms with Gasteiger partial charge in [-0.15, -0.1) is 0 Å². The molecule has 0 aromatic carbocycles. The Balaban J connectivity index is 0.000000354. The minimum absolute atomic E-state index is 0.0556. The standard InChI is InChI=1S/C7H12O2.CH2O2/c1-7(2)4-5(7)6(8)9-3;2-1-3/h5H,4H2,1-3H3;1H,(H,2,3). The van der Waals surface area contributed by atoms with Gasteiger partial charge in [0.1, 0.15) is 0 Å². The summed E-state index contributed by atoms with van der Waals surface area (Å²) in [5.41, 5.74) is 0.215. The number of methoxy groups -OCH3 is 1. The van der Waals surface area contributed by atoms with Crippen LogP contribution in [0.3, 0.4) is 0 Å². The Morgan fingerprint density at radius 3 is 2.08 bits per heavy atom. The molecule has 1 unspecified atom stereocenters. The lowest BCUT2D eigenvalue weighted by atomic mass is 10.1. The van der Waals surface area contributed by atoms with Crippen LogP contribution in [0.5, 0.6) is 0 Å². The van der Waals surface area contributed by atoms with Gasteiger partial charge < -0.3 is 9.84 Å². The summed E-state index contributed by atoms with van der Waals surface area (Å²) >= 11 is 0. The molecular weight excluding hydrogens is 160 g/mol. The van der Waals surface area contributed by atoms with Gasteiger partial charge in [0.25, 0.3) is 6.47 Å². The van der Waals surface area contributed by atoms with E-state index in [1.807, 2.05) is 0 Å². The maximum absolute atomic E-state index is 10.8. The van der Waals surface area contributed by atoms with Gasteiger partial charge in [0.15, 0.2) is 0 Å². The first-order valence-corrected chi connectivity index (χ1v) is 3.65. The summed E-state index contributed by atoms with van der Waals surface area (Å²) < 4.78 is 4.57. The van der Waals surface area contributed by atoms with Crippen molar-refractivity contribution in [3.8, 4) is 0 Å². The highest BCUT2D eigenvalue weighted by atomic mass is 16.5. The van der Waals surface area contributed by atoms with Crippen LogP contribution in [0, 0.1) is 11.3 Å². The zero-order valence-corrected chi connectivity index (χ0v) is 7.53. The van der Waals surface area contributed by atoms with E-state index in [4.69, 9.17) is 9.90 Å². The van der Waals surface area contributed by atoms with E-state index >= 15 is 0 Å². The molecule has 1 aliphatic carbocycles. The van der Waals surface area contributed by atoms with Crippen LogP contribution in [0.1, 0.15) is 20.3 Å². The molecule has 4 heteroatoms. The van der Waals surface area contributed by atoms with Crippen LogP contribution >= 0.6 is 0 Å². The summed E-state index contributed by atoms with van der Waals surface area (Å²) in [6.07, 6.45) is 0.986. The predicted octanol–water partition coefficient (Wildman–Crippen LogP) is 0.906. The summed E-state index contributed by atoms with van der Waals surface area (Å²) in [5, 5.41) is 6.89. The molecule has 1 rings (SSSR count). The molecule has 0 spiro atoms. The average Bonchev–Trinajstić information content (AvgIpc) is 2.60. The fraction of sp³-hybridized carbons (Fsp3) is 0.750. The molecule has 4 nitrogen and oxygen atoms in total. The second-order valence-electron chi connectivity index (χ2n) is 3.37. The predicted molar refractivity (Wildman–Crippen MR) is 42.6 cm³/mol. The Labute approximate surface area is 71.5 Å². The van der Waals surface area contributed by atoms with E-state index in [1.54, 1.807) is 0 Å². The van der Waals surface area contributed by atoms with Gasteiger partial charge in [0.05, 0.1) is 13.0 Å². The van der Waals surface area contributed by atoms with Crippen LogP contribution in [-0.2, 0) is 14.3 Å². The van der Waals surface area contributed by atoms with Crippen LogP contribution in [0.4, 0.5) is 0 Å². The Morgan fingerprint density at radius 1 is 1.67 bits per heavy atom.